The number of furan rings is 1. The van der Waals surface area contributed by atoms with E-state index in [9.17, 15) is 18.0 Å². The van der Waals surface area contributed by atoms with Crippen molar-refractivity contribution in [3.63, 3.8) is 0 Å². The molecule has 4 nitrogen and oxygen atoms in total. The van der Waals surface area contributed by atoms with E-state index < -0.39 is 18.1 Å². The molecule has 0 saturated carbocycles. The molecule has 2 heterocycles. The van der Waals surface area contributed by atoms with E-state index in [1.165, 1.54) is 6.92 Å². The molecule has 1 aromatic rings. The van der Waals surface area contributed by atoms with Crippen LogP contribution in [0.15, 0.2) is 16.5 Å². The molecular formula is C14H19F3N2O2. The number of hydrogen-bond acceptors (Lipinski definition) is 3. The molecule has 1 aliphatic rings. The fourth-order valence-corrected chi connectivity index (χ4v) is 2.65. The van der Waals surface area contributed by atoms with Crippen LogP contribution in [0.1, 0.15) is 31.3 Å². The lowest BCUT2D eigenvalue weighted by atomic mass is 9.97. The van der Waals surface area contributed by atoms with Gasteiger partial charge in [0.2, 0.25) is 5.91 Å². The highest BCUT2D eigenvalue weighted by Crippen LogP contribution is 2.32. The highest BCUT2D eigenvalue weighted by molar-refractivity contribution is 5.73. The molecule has 0 radical (unpaired) electrons. The Bertz CT molecular complexity index is 499. The average molecular weight is 304 g/mol. The number of amides is 1. The average Bonchev–Trinajstić information content (AvgIpc) is 2.80. The van der Waals surface area contributed by atoms with E-state index in [1.807, 2.05) is 19.1 Å². The van der Waals surface area contributed by atoms with Gasteiger partial charge in [-0.25, -0.2) is 0 Å². The van der Waals surface area contributed by atoms with Gasteiger partial charge in [-0.2, -0.15) is 13.2 Å². The smallest absolute Gasteiger partial charge is 0.408 e. The summed E-state index contributed by atoms with van der Waals surface area (Å²) < 4.78 is 44.1. The first-order valence-electron chi connectivity index (χ1n) is 6.90. The van der Waals surface area contributed by atoms with E-state index in [-0.39, 0.29) is 19.0 Å². The van der Waals surface area contributed by atoms with Crippen LogP contribution in [0, 0.1) is 6.92 Å². The van der Waals surface area contributed by atoms with Gasteiger partial charge >= 0.3 is 6.18 Å². The molecule has 1 saturated heterocycles. The number of carbonyl (C=O) groups excluding carboxylic acids is 1. The molecule has 21 heavy (non-hydrogen) atoms. The number of aryl methyl sites for hydroxylation is 1. The van der Waals surface area contributed by atoms with Crippen LogP contribution in [0.2, 0.25) is 0 Å². The lowest BCUT2D eigenvalue weighted by molar-refractivity contribution is -0.196. The van der Waals surface area contributed by atoms with E-state index >= 15 is 0 Å². The molecule has 0 spiro atoms. The molecule has 1 aromatic heterocycles. The standard InChI is InChI=1S/C14H19F3N2O2/c1-9-3-5-12(21-9)7-18-11-4-6-13(14(15,16)17)19(8-11)10(2)20/h3,5,11,13,18H,4,6-8H2,1-2H3. The number of piperidine rings is 1. The van der Waals surface area contributed by atoms with E-state index in [0.717, 1.165) is 16.4 Å². The van der Waals surface area contributed by atoms with Gasteiger partial charge in [-0.3, -0.25) is 4.79 Å². The van der Waals surface area contributed by atoms with Crippen molar-refractivity contribution in [2.24, 2.45) is 0 Å². The summed E-state index contributed by atoms with van der Waals surface area (Å²) in [5.74, 6) is 0.982. The lowest BCUT2D eigenvalue weighted by Crippen LogP contribution is -2.56. The van der Waals surface area contributed by atoms with Gasteiger partial charge in [-0.05, 0) is 31.9 Å². The van der Waals surface area contributed by atoms with Crippen LogP contribution in [0.4, 0.5) is 13.2 Å². The molecule has 0 aromatic carbocycles. The minimum Gasteiger partial charge on any atom is -0.465 e. The van der Waals surface area contributed by atoms with Crippen LogP contribution < -0.4 is 5.32 Å². The summed E-state index contributed by atoms with van der Waals surface area (Å²) in [4.78, 5) is 12.4. The number of rotatable bonds is 3. The molecule has 0 aliphatic carbocycles. The summed E-state index contributed by atoms with van der Waals surface area (Å²) in [7, 11) is 0. The Morgan fingerprint density at radius 3 is 2.67 bits per heavy atom. The van der Waals surface area contributed by atoms with Gasteiger partial charge in [-0.1, -0.05) is 0 Å². The summed E-state index contributed by atoms with van der Waals surface area (Å²) in [5.41, 5.74) is 0. The third-order valence-corrected chi connectivity index (χ3v) is 3.73. The summed E-state index contributed by atoms with van der Waals surface area (Å²) >= 11 is 0. The van der Waals surface area contributed by atoms with Crippen molar-refractivity contribution in [2.75, 3.05) is 6.54 Å². The molecule has 1 fully saturated rings. The van der Waals surface area contributed by atoms with Crippen molar-refractivity contribution in [3.05, 3.63) is 23.7 Å². The molecule has 0 bridgehead atoms. The number of nitrogens with zero attached hydrogens (tertiary/aromatic N) is 1. The third-order valence-electron chi connectivity index (χ3n) is 3.73. The van der Waals surface area contributed by atoms with Crippen molar-refractivity contribution >= 4 is 5.91 Å². The molecule has 2 unspecified atom stereocenters. The van der Waals surface area contributed by atoms with Crippen LogP contribution in [0.5, 0.6) is 0 Å². The zero-order valence-corrected chi connectivity index (χ0v) is 12.0. The maximum absolute atomic E-state index is 12.9. The summed E-state index contributed by atoms with van der Waals surface area (Å²) in [5, 5.41) is 3.15. The van der Waals surface area contributed by atoms with Gasteiger partial charge < -0.3 is 14.6 Å². The molecule has 1 amide bonds. The van der Waals surface area contributed by atoms with E-state index in [4.69, 9.17) is 4.42 Å². The van der Waals surface area contributed by atoms with Crippen molar-refractivity contribution in [3.8, 4) is 0 Å². The molecular weight excluding hydrogens is 285 g/mol. The monoisotopic (exact) mass is 304 g/mol. The van der Waals surface area contributed by atoms with Gasteiger partial charge in [-0.15, -0.1) is 0 Å². The SMILES string of the molecule is CC(=O)N1CC(NCc2ccc(C)o2)CCC1C(F)(F)F. The van der Waals surface area contributed by atoms with Crippen LogP contribution in [-0.4, -0.2) is 35.6 Å². The highest BCUT2D eigenvalue weighted by Gasteiger charge is 2.47. The lowest BCUT2D eigenvalue weighted by Gasteiger charge is -2.40. The van der Waals surface area contributed by atoms with Crippen LogP contribution >= 0.6 is 0 Å². The fourth-order valence-electron chi connectivity index (χ4n) is 2.65. The summed E-state index contributed by atoms with van der Waals surface area (Å²) in [6.07, 6.45) is -4.06. The van der Waals surface area contributed by atoms with Crippen LogP contribution in [0.3, 0.4) is 0 Å². The molecule has 2 rings (SSSR count). The summed E-state index contributed by atoms with van der Waals surface area (Å²) in [6.45, 7) is 3.52. The van der Waals surface area contributed by atoms with Gasteiger partial charge in [0.15, 0.2) is 0 Å². The molecule has 1 aliphatic heterocycles. The number of likely N-dealkylation sites (tertiary alicyclic amines) is 1. The Hall–Kier alpha value is -1.50. The van der Waals surface area contributed by atoms with Gasteiger partial charge in [0, 0.05) is 19.5 Å². The van der Waals surface area contributed by atoms with Gasteiger partial charge in [0.25, 0.3) is 0 Å². The quantitative estimate of drug-likeness (QED) is 0.933. The van der Waals surface area contributed by atoms with Crippen molar-refractivity contribution in [1.29, 1.82) is 0 Å². The van der Waals surface area contributed by atoms with Crippen molar-refractivity contribution < 1.29 is 22.4 Å². The fraction of sp³-hybridized carbons (Fsp3) is 0.643. The number of alkyl halides is 3. The number of carbonyl (C=O) groups is 1. The third kappa shape index (κ3) is 4.00. The predicted octanol–water partition coefficient (Wildman–Crippen LogP) is 2.62. The van der Waals surface area contributed by atoms with E-state index in [1.54, 1.807) is 0 Å². The molecule has 2 atom stereocenters. The molecule has 7 heteroatoms. The first kappa shape index (κ1) is 15.9. The minimum atomic E-state index is -4.37. The predicted molar refractivity (Wildman–Crippen MR) is 70.5 cm³/mol. The zero-order valence-electron chi connectivity index (χ0n) is 12.0. The largest absolute Gasteiger partial charge is 0.465 e. The van der Waals surface area contributed by atoms with Crippen LogP contribution in [-0.2, 0) is 11.3 Å². The number of halogens is 3. The zero-order chi connectivity index (χ0) is 15.6. The number of hydrogen-bond donors (Lipinski definition) is 1. The second-order valence-electron chi connectivity index (χ2n) is 5.40. The highest BCUT2D eigenvalue weighted by atomic mass is 19.4. The van der Waals surface area contributed by atoms with E-state index in [2.05, 4.69) is 5.32 Å². The Balaban J connectivity index is 1.94. The first-order valence-corrected chi connectivity index (χ1v) is 6.90. The minimum absolute atomic E-state index is 0.0687. The Morgan fingerprint density at radius 2 is 2.14 bits per heavy atom. The van der Waals surface area contributed by atoms with Crippen LogP contribution in [0.25, 0.3) is 0 Å². The van der Waals surface area contributed by atoms with Gasteiger partial charge in [0.05, 0.1) is 6.54 Å². The van der Waals surface area contributed by atoms with Crippen molar-refractivity contribution in [1.82, 2.24) is 10.2 Å². The van der Waals surface area contributed by atoms with Gasteiger partial charge in [0.1, 0.15) is 17.6 Å². The normalized spacial score (nSPS) is 23.4. The maximum atomic E-state index is 12.9. The summed E-state index contributed by atoms with van der Waals surface area (Å²) in [6, 6.07) is 1.84. The van der Waals surface area contributed by atoms with Crippen molar-refractivity contribution in [2.45, 2.75) is 51.5 Å². The number of nitrogens with one attached hydrogen (secondary N) is 1. The maximum Gasteiger partial charge on any atom is 0.408 e. The molecule has 118 valence electrons. The second kappa shape index (κ2) is 6.09. The topological polar surface area (TPSA) is 45.5 Å². The second-order valence-corrected chi connectivity index (χ2v) is 5.40. The van der Waals surface area contributed by atoms with E-state index in [0.29, 0.717) is 13.0 Å². The Morgan fingerprint density at radius 1 is 1.43 bits per heavy atom. The molecule has 1 N–H and O–H groups in total. The first-order chi connectivity index (χ1) is 9.77. The Kier molecular flexibility index (Phi) is 4.61. The Labute approximate surface area is 121 Å².